The van der Waals surface area contributed by atoms with E-state index in [1.54, 1.807) is 12.1 Å². The van der Waals surface area contributed by atoms with Crippen LogP contribution < -0.4 is 0 Å². The van der Waals surface area contributed by atoms with Crippen LogP contribution >= 0.6 is 0 Å². The minimum Gasteiger partial charge on any atom is -0.505 e. The number of fused-ring (bicyclic) bond motifs is 1. The fraction of sp³-hybridized carbons (Fsp3) is 0.100. The molecule has 4 aromatic carbocycles. The normalized spacial score (nSPS) is 11.9. The number of aromatic nitrogens is 1. The number of carboxylic acids is 1. The minimum absolute atomic E-state index is 0.0584. The van der Waals surface area contributed by atoms with Gasteiger partial charge in [-0.15, -0.1) is 10.2 Å². The van der Waals surface area contributed by atoms with Gasteiger partial charge in [0.05, 0.1) is 16.6 Å². The van der Waals surface area contributed by atoms with Crippen molar-refractivity contribution in [1.29, 1.82) is 0 Å². The first kappa shape index (κ1) is 26.5. The van der Waals surface area contributed by atoms with Crippen molar-refractivity contribution in [3.05, 3.63) is 101 Å². The summed E-state index contributed by atoms with van der Waals surface area (Å²) in [6.45, 7) is 3.93. The monoisotopic (exact) mass is 545 g/mol. The molecule has 1 heterocycles. The van der Waals surface area contributed by atoms with E-state index >= 15 is 0 Å². The fourth-order valence-corrected chi connectivity index (χ4v) is 4.43. The van der Waals surface area contributed by atoms with Gasteiger partial charge in [-0.25, -0.2) is 4.79 Å². The van der Waals surface area contributed by atoms with Crippen LogP contribution in [-0.4, -0.2) is 25.9 Å². The molecular formula is C30H22F3N3O4. The van der Waals surface area contributed by atoms with E-state index in [2.05, 4.69) is 10.2 Å². The predicted molar refractivity (Wildman–Crippen MR) is 144 cm³/mol. The molecule has 0 aliphatic heterocycles. The molecule has 40 heavy (non-hydrogen) atoms. The molecule has 0 fully saturated rings. The van der Waals surface area contributed by atoms with Crippen LogP contribution in [0.25, 0.3) is 27.7 Å². The summed E-state index contributed by atoms with van der Waals surface area (Å²) in [5, 5.41) is 39.9. The molecule has 0 atom stereocenters. The number of nitrogens with zero attached hydrogens (tertiary/aromatic N) is 3. The molecule has 0 amide bonds. The summed E-state index contributed by atoms with van der Waals surface area (Å²) < 4.78 is 41.7. The SMILES string of the molecule is Cc1ccc(-c2cccc(N=Nc3c(O)n(-c4cccc(C(=O)O)c4)c4cc(C(F)(F)F)ccc34)c2O)cc1C. The van der Waals surface area contributed by atoms with Crippen LogP contribution in [0.3, 0.4) is 0 Å². The van der Waals surface area contributed by atoms with Crippen molar-refractivity contribution in [2.24, 2.45) is 10.2 Å². The van der Waals surface area contributed by atoms with E-state index in [4.69, 9.17) is 0 Å². The van der Waals surface area contributed by atoms with Gasteiger partial charge < -0.3 is 15.3 Å². The van der Waals surface area contributed by atoms with E-state index in [1.165, 1.54) is 30.3 Å². The van der Waals surface area contributed by atoms with Crippen molar-refractivity contribution in [2.75, 3.05) is 0 Å². The standard InChI is InChI=1S/C30H22F3N3O4/c1-16-9-10-18(13-17(16)2)22-7-4-8-24(27(22)37)34-35-26-23-12-11-20(30(31,32)33)15-25(23)36(28(26)38)21-6-3-5-19(14-21)29(39)40/h3-15,37-38H,1-2H3,(H,39,40). The van der Waals surface area contributed by atoms with Gasteiger partial charge in [0.25, 0.3) is 0 Å². The highest BCUT2D eigenvalue weighted by molar-refractivity contribution is 5.97. The smallest absolute Gasteiger partial charge is 0.416 e. The average molecular weight is 546 g/mol. The van der Waals surface area contributed by atoms with E-state index in [1.807, 2.05) is 32.0 Å². The molecule has 0 unspecified atom stereocenters. The number of hydrogen-bond donors (Lipinski definition) is 3. The van der Waals surface area contributed by atoms with Crippen LogP contribution in [0.15, 0.2) is 89.1 Å². The van der Waals surface area contributed by atoms with Crippen LogP contribution in [-0.2, 0) is 6.18 Å². The van der Waals surface area contributed by atoms with Crippen molar-refractivity contribution < 1.29 is 33.3 Å². The lowest BCUT2D eigenvalue weighted by Crippen LogP contribution is -2.05. The Morgan fingerprint density at radius 3 is 2.30 bits per heavy atom. The number of aryl methyl sites for hydroxylation is 2. The Labute approximate surface area is 226 Å². The van der Waals surface area contributed by atoms with Crippen molar-refractivity contribution in [1.82, 2.24) is 4.57 Å². The number of para-hydroxylation sites is 1. The number of carbonyl (C=O) groups is 1. The van der Waals surface area contributed by atoms with Gasteiger partial charge in [-0.3, -0.25) is 4.57 Å². The maximum absolute atomic E-state index is 13.5. The van der Waals surface area contributed by atoms with Crippen LogP contribution in [0.1, 0.15) is 27.0 Å². The number of phenolic OH excluding ortho intramolecular Hbond substituents is 1. The highest BCUT2D eigenvalue weighted by atomic mass is 19.4. The summed E-state index contributed by atoms with van der Waals surface area (Å²) in [4.78, 5) is 11.5. The zero-order valence-electron chi connectivity index (χ0n) is 21.2. The van der Waals surface area contributed by atoms with Crippen LogP contribution in [0.2, 0.25) is 0 Å². The fourth-order valence-electron chi connectivity index (χ4n) is 4.43. The molecule has 5 rings (SSSR count). The number of rotatable bonds is 5. The molecule has 1 aromatic heterocycles. The Kier molecular flexibility index (Phi) is 6.54. The van der Waals surface area contributed by atoms with Crippen LogP contribution in [0, 0.1) is 13.8 Å². The van der Waals surface area contributed by atoms with Crippen molar-refractivity contribution >= 4 is 28.2 Å². The van der Waals surface area contributed by atoms with E-state index in [9.17, 15) is 33.3 Å². The van der Waals surface area contributed by atoms with Crippen molar-refractivity contribution in [3.8, 4) is 28.4 Å². The number of azo groups is 1. The van der Waals surface area contributed by atoms with Crippen LogP contribution in [0.5, 0.6) is 11.6 Å². The molecule has 0 radical (unpaired) electrons. The van der Waals surface area contributed by atoms with Crippen molar-refractivity contribution in [3.63, 3.8) is 0 Å². The summed E-state index contributed by atoms with van der Waals surface area (Å²) in [5.41, 5.74) is 2.29. The summed E-state index contributed by atoms with van der Waals surface area (Å²) >= 11 is 0. The lowest BCUT2D eigenvalue weighted by molar-refractivity contribution is -0.137. The predicted octanol–water partition coefficient (Wildman–Crippen LogP) is 8.46. The third kappa shape index (κ3) is 4.75. The van der Waals surface area contributed by atoms with Gasteiger partial charge in [-0.1, -0.05) is 36.4 Å². The first-order valence-electron chi connectivity index (χ1n) is 12.1. The maximum atomic E-state index is 13.5. The van der Waals surface area contributed by atoms with Crippen molar-refractivity contribution in [2.45, 2.75) is 20.0 Å². The second kappa shape index (κ2) is 9.88. The lowest BCUT2D eigenvalue weighted by atomic mass is 9.99. The molecule has 5 aromatic rings. The van der Waals surface area contributed by atoms with Gasteiger partial charge in [0.15, 0.2) is 11.4 Å². The molecular weight excluding hydrogens is 523 g/mol. The Morgan fingerprint density at radius 1 is 0.850 bits per heavy atom. The molecule has 10 heteroatoms. The number of aromatic carboxylic acids is 1. The van der Waals surface area contributed by atoms with E-state index in [0.29, 0.717) is 5.56 Å². The number of halogens is 3. The van der Waals surface area contributed by atoms with Gasteiger partial charge in [-0.05, 0) is 73.0 Å². The zero-order valence-corrected chi connectivity index (χ0v) is 21.2. The third-order valence-corrected chi connectivity index (χ3v) is 6.69. The van der Waals surface area contributed by atoms with Gasteiger partial charge in [0.1, 0.15) is 5.69 Å². The number of alkyl halides is 3. The Morgan fingerprint density at radius 2 is 1.60 bits per heavy atom. The van der Waals surface area contributed by atoms with E-state index < -0.39 is 23.6 Å². The third-order valence-electron chi connectivity index (χ3n) is 6.69. The second-order valence-corrected chi connectivity index (χ2v) is 9.27. The lowest BCUT2D eigenvalue weighted by Gasteiger charge is -2.10. The quantitative estimate of drug-likeness (QED) is 0.193. The molecule has 3 N–H and O–H groups in total. The number of benzene rings is 4. The van der Waals surface area contributed by atoms with E-state index in [-0.39, 0.29) is 39.3 Å². The summed E-state index contributed by atoms with van der Waals surface area (Å²) in [5.74, 6) is -1.95. The summed E-state index contributed by atoms with van der Waals surface area (Å²) in [7, 11) is 0. The maximum Gasteiger partial charge on any atom is 0.416 e. The molecule has 0 bridgehead atoms. The topological polar surface area (TPSA) is 107 Å². The molecule has 0 saturated carbocycles. The first-order chi connectivity index (χ1) is 19.0. The number of phenols is 1. The van der Waals surface area contributed by atoms with Gasteiger partial charge in [0.2, 0.25) is 5.88 Å². The van der Waals surface area contributed by atoms with E-state index in [0.717, 1.165) is 39.5 Å². The molecule has 7 nitrogen and oxygen atoms in total. The Hall–Kier alpha value is -5.12. The number of hydrogen-bond acceptors (Lipinski definition) is 5. The molecule has 0 spiro atoms. The second-order valence-electron chi connectivity index (χ2n) is 9.27. The Balaban J connectivity index is 1.67. The number of aromatic hydroxyl groups is 2. The summed E-state index contributed by atoms with van der Waals surface area (Å²) in [6, 6.07) is 18.9. The minimum atomic E-state index is -4.66. The zero-order chi connectivity index (χ0) is 28.8. The number of carboxylic acid groups (broad SMARTS) is 1. The highest BCUT2D eigenvalue weighted by Crippen LogP contribution is 2.45. The first-order valence-corrected chi connectivity index (χ1v) is 12.1. The molecule has 0 aliphatic carbocycles. The van der Waals surface area contributed by atoms with Gasteiger partial charge in [0, 0.05) is 16.6 Å². The largest absolute Gasteiger partial charge is 0.505 e. The van der Waals surface area contributed by atoms with Crippen LogP contribution in [0.4, 0.5) is 24.5 Å². The Bertz CT molecular complexity index is 1820. The molecule has 202 valence electrons. The molecule has 0 saturated heterocycles. The average Bonchev–Trinajstić information content (AvgIpc) is 3.19. The summed E-state index contributed by atoms with van der Waals surface area (Å²) in [6.07, 6.45) is -4.66. The molecule has 0 aliphatic rings. The highest BCUT2D eigenvalue weighted by Gasteiger charge is 2.32. The van der Waals surface area contributed by atoms with Gasteiger partial charge >= 0.3 is 12.1 Å². The van der Waals surface area contributed by atoms with Gasteiger partial charge in [-0.2, -0.15) is 13.2 Å².